The number of nitrogens with zero attached hydrogens (tertiary/aromatic N) is 1. The summed E-state index contributed by atoms with van der Waals surface area (Å²) in [5, 5.41) is 3.33. The number of anilines is 1. The van der Waals surface area contributed by atoms with Crippen molar-refractivity contribution in [2.45, 2.75) is 20.3 Å². The van der Waals surface area contributed by atoms with Gasteiger partial charge < -0.3 is 14.5 Å². The summed E-state index contributed by atoms with van der Waals surface area (Å²) in [4.78, 5) is 16.7. The molecule has 0 aliphatic rings. The average molecular weight is 421 g/mol. The summed E-state index contributed by atoms with van der Waals surface area (Å²) in [5.41, 5.74) is 5.30. The minimum atomic E-state index is -0.252. The number of aromatic nitrogens is 1. The van der Waals surface area contributed by atoms with Crippen molar-refractivity contribution in [2.75, 3.05) is 11.9 Å². The molecule has 0 aliphatic carbocycles. The van der Waals surface area contributed by atoms with Gasteiger partial charge in [0, 0.05) is 12.1 Å². The Kier molecular flexibility index (Phi) is 5.72. The molecule has 0 saturated carbocycles. The van der Waals surface area contributed by atoms with Crippen LogP contribution in [0.3, 0.4) is 0 Å². The zero-order valence-electron chi connectivity index (χ0n) is 16.7. The first-order chi connectivity index (χ1) is 14.5. The number of halogens is 1. The number of oxazole rings is 1. The third-order valence-electron chi connectivity index (χ3n) is 4.65. The molecule has 0 aliphatic heterocycles. The van der Waals surface area contributed by atoms with Gasteiger partial charge in [-0.05, 0) is 60.9 Å². The number of nitrogens with one attached hydrogen (secondary N) is 1. The number of aryl methyl sites for hydroxylation is 2. The molecule has 0 radical (unpaired) electrons. The van der Waals surface area contributed by atoms with E-state index >= 15 is 0 Å². The van der Waals surface area contributed by atoms with Crippen LogP contribution < -0.4 is 10.1 Å². The zero-order chi connectivity index (χ0) is 21.1. The van der Waals surface area contributed by atoms with Gasteiger partial charge in [0.05, 0.1) is 5.02 Å². The highest BCUT2D eigenvalue weighted by atomic mass is 35.5. The van der Waals surface area contributed by atoms with Gasteiger partial charge in [0.1, 0.15) is 11.3 Å². The van der Waals surface area contributed by atoms with Crippen molar-refractivity contribution in [2.24, 2.45) is 0 Å². The van der Waals surface area contributed by atoms with Crippen LogP contribution >= 0.6 is 11.6 Å². The highest BCUT2D eigenvalue weighted by Gasteiger charge is 2.10. The summed E-state index contributed by atoms with van der Waals surface area (Å²) < 4.78 is 11.4. The number of carbonyl (C=O) groups excluding carboxylic acids is 1. The van der Waals surface area contributed by atoms with Crippen LogP contribution in [-0.2, 0) is 11.2 Å². The highest BCUT2D eigenvalue weighted by Crippen LogP contribution is 2.29. The molecule has 1 N–H and O–H groups in total. The van der Waals surface area contributed by atoms with E-state index in [0.29, 0.717) is 28.8 Å². The molecule has 152 valence electrons. The summed E-state index contributed by atoms with van der Waals surface area (Å²) in [6.45, 7) is 3.75. The predicted octanol–water partition coefficient (Wildman–Crippen LogP) is 5.71. The van der Waals surface area contributed by atoms with Crippen LogP contribution in [0.4, 0.5) is 5.69 Å². The maximum Gasteiger partial charge on any atom is 0.262 e. The molecular formula is C24H21ClN2O3. The van der Waals surface area contributed by atoms with E-state index in [9.17, 15) is 4.79 Å². The van der Waals surface area contributed by atoms with Gasteiger partial charge in [0.25, 0.3) is 5.91 Å². The fraction of sp³-hybridized carbons (Fsp3) is 0.167. The Hall–Kier alpha value is -3.31. The number of carbonyl (C=O) groups is 1. The van der Waals surface area contributed by atoms with Crippen LogP contribution in [0.2, 0.25) is 5.02 Å². The summed E-state index contributed by atoms with van der Waals surface area (Å²) in [6, 6.07) is 19.0. The van der Waals surface area contributed by atoms with Crippen LogP contribution in [0.15, 0.2) is 65.1 Å². The molecule has 4 aromatic rings. The molecule has 0 bridgehead atoms. The summed E-state index contributed by atoms with van der Waals surface area (Å²) >= 11 is 6.22. The molecule has 0 fully saturated rings. The zero-order valence-corrected chi connectivity index (χ0v) is 17.5. The van der Waals surface area contributed by atoms with Crippen molar-refractivity contribution < 1.29 is 13.9 Å². The summed E-state index contributed by atoms with van der Waals surface area (Å²) in [7, 11) is 0. The first kappa shape index (κ1) is 20.0. The maximum absolute atomic E-state index is 12.2. The summed E-state index contributed by atoms with van der Waals surface area (Å²) in [5.74, 6) is 0.940. The minimum absolute atomic E-state index is 0.117. The van der Waals surface area contributed by atoms with E-state index in [0.717, 1.165) is 27.8 Å². The molecule has 4 rings (SSSR count). The Labute approximate surface area is 179 Å². The van der Waals surface area contributed by atoms with Gasteiger partial charge in [0.2, 0.25) is 0 Å². The molecule has 0 saturated heterocycles. The number of rotatable bonds is 6. The Bertz CT molecular complexity index is 1140. The second-order valence-corrected chi connectivity index (χ2v) is 7.59. The van der Waals surface area contributed by atoms with Crippen LogP contribution in [-0.4, -0.2) is 17.5 Å². The smallest absolute Gasteiger partial charge is 0.262 e. The van der Waals surface area contributed by atoms with E-state index in [2.05, 4.69) is 10.3 Å². The number of para-hydroxylation sites is 2. The lowest BCUT2D eigenvalue weighted by Gasteiger charge is -2.12. The Morgan fingerprint density at radius 1 is 1.10 bits per heavy atom. The highest BCUT2D eigenvalue weighted by molar-refractivity contribution is 6.32. The van der Waals surface area contributed by atoms with Crippen LogP contribution in [0.25, 0.3) is 11.1 Å². The molecule has 5 nitrogen and oxygen atoms in total. The lowest BCUT2D eigenvalue weighted by Crippen LogP contribution is -2.20. The lowest BCUT2D eigenvalue weighted by atomic mass is 10.1. The number of hydrogen-bond donors (Lipinski definition) is 1. The second kappa shape index (κ2) is 8.59. The fourth-order valence-corrected chi connectivity index (χ4v) is 3.67. The van der Waals surface area contributed by atoms with Crippen molar-refractivity contribution in [3.8, 4) is 5.75 Å². The normalized spacial score (nSPS) is 10.9. The van der Waals surface area contributed by atoms with Crippen LogP contribution in [0.5, 0.6) is 5.75 Å². The topological polar surface area (TPSA) is 64.4 Å². The number of benzene rings is 3. The Morgan fingerprint density at radius 3 is 2.60 bits per heavy atom. The SMILES string of the molecule is Cc1cc(C)c(OCC(=O)Nc2ccc(Cc3nc4ccccc4o3)cc2)c(Cl)c1. The maximum atomic E-state index is 12.2. The lowest BCUT2D eigenvalue weighted by molar-refractivity contribution is -0.118. The molecule has 3 aromatic carbocycles. The van der Waals surface area contributed by atoms with E-state index in [1.807, 2.05) is 74.5 Å². The molecule has 0 atom stereocenters. The summed E-state index contributed by atoms with van der Waals surface area (Å²) in [6.07, 6.45) is 0.581. The molecular weight excluding hydrogens is 400 g/mol. The monoisotopic (exact) mass is 420 g/mol. The van der Waals surface area contributed by atoms with Crippen molar-refractivity contribution in [3.05, 3.63) is 88.3 Å². The number of amides is 1. The van der Waals surface area contributed by atoms with Gasteiger partial charge in [-0.25, -0.2) is 4.98 Å². The predicted molar refractivity (Wildman–Crippen MR) is 118 cm³/mol. The first-order valence-corrected chi connectivity index (χ1v) is 9.98. The molecule has 0 unspecified atom stereocenters. The van der Waals surface area contributed by atoms with E-state index in [1.54, 1.807) is 0 Å². The minimum Gasteiger partial charge on any atom is -0.482 e. The van der Waals surface area contributed by atoms with E-state index < -0.39 is 0 Å². The molecule has 1 aromatic heterocycles. The first-order valence-electron chi connectivity index (χ1n) is 9.61. The van der Waals surface area contributed by atoms with Gasteiger partial charge in [-0.15, -0.1) is 0 Å². The molecule has 1 heterocycles. The third kappa shape index (κ3) is 4.63. The van der Waals surface area contributed by atoms with E-state index in [-0.39, 0.29) is 12.5 Å². The second-order valence-electron chi connectivity index (χ2n) is 7.18. The van der Waals surface area contributed by atoms with Gasteiger partial charge in [-0.1, -0.05) is 41.9 Å². The van der Waals surface area contributed by atoms with Gasteiger partial charge in [-0.2, -0.15) is 0 Å². The van der Waals surface area contributed by atoms with Gasteiger partial charge in [0.15, 0.2) is 18.1 Å². The van der Waals surface area contributed by atoms with Crippen molar-refractivity contribution in [3.63, 3.8) is 0 Å². The fourth-order valence-electron chi connectivity index (χ4n) is 3.30. The molecule has 0 spiro atoms. The van der Waals surface area contributed by atoms with Crippen molar-refractivity contribution in [1.29, 1.82) is 0 Å². The number of ether oxygens (including phenoxy) is 1. The van der Waals surface area contributed by atoms with Gasteiger partial charge in [-0.3, -0.25) is 4.79 Å². The Morgan fingerprint density at radius 2 is 1.87 bits per heavy atom. The number of hydrogen-bond acceptors (Lipinski definition) is 4. The van der Waals surface area contributed by atoms with E-state index in [4.69, 9.17) is 20.8 Å². The third-order valence-corrected chi connectivity index (χ3v) is 4.93. The molecule has 6 heteroatoms. The average Bonchev–Trinajstić information content (AvgIpc) is 3.11. The van der Waals surface area contributed by atoms with Crippen LogP contribution in [0.1, 0.15) is 22.6 Å². The molecule has 30 heavy (non-hydrogen) atoms. The van der Waals surface area contributed by atoms with Crippen molar-refractivity contribution in [1.82, 2.24) is 4.98 Å². The quantitative estimate of drug-likeness (QED) is 0.434. The number of fused-ring (bicyclic) bond motifs is 1. The Balaban J connectivity index is 1.34. The van der Waals surface area contributed by atoms with Gasteiger partial charge >= 0.3 is 0 Å². The largest absolute Gasteiger partial charge is 0.482 e. The van der Waals surface area contributed by atoms with E-state index in [1.165, 1.54) is 0 Å². The van der Waals surface area contributed by atoms with Crippen LogP contribution in [0, 0.1) is 13.8 Å². The molecule has 1 amide bonds. The van der Waals surface area contributed by atoms with Crippen molar-refractivity contribution >= 4 is 34.3 Å². The standard InChI is InChI=1S/C24H21ClN2O3/c1-15-11-16(2)24(19(25)12-15)29-14-22(28)26-18-9-7-17(8-10-18)13-23-27-20-5-3-4-6-21(20)30-23/h3-12H,13-14H2,1-2H3,(H,26,28).